The maximum absolute atomic E-state index is 12.7. The number of furan rings is 1. The maximum Gasteiger partial charge on any atom is 0.290 e. The van der Waals surface area contributed by atoms with Gasteiger partial charge in [0, 0.05) is 6.54 Å². The summed E-state index contributed by atoms with van der Waals surface area (Å²) in [7, 11) is 1.59. The lowest BCUT2D eigenvalue weighted by Gasteiger charge is -2.22. The van der Waals surface area contributed by atoms with Gasteiger partial charge in [-0.15, -0.1) is 0 Å². The highest BCUT2D eigenvalue weighted by atomic mass is 32.1. The van der Waals surface area contributed by atoms with Gasteiger partial charge in [-0.1, -0.05) is 17.4 Å². The summed E-state index contributed by atoms with van der Waals surface area (Å²) in [5.74, 6) is 0.406. The minimum absolute atomic E-state index is 0.236. The Kier molecular flexibility index (Phi) is 4.34. The van der Waals surface area contributed by atoms with Crippen LogP contribution in [-0.4, -0.2) is 41.4 Å². The third kappa shape index (κ3) is 2.92. The number of methoxy groups -OCH3 is 1. The number of ether oxygens (including phenoxy) is 1. The van der Waals surface area contributed by atoms with E-state index in [4.69, 9.17) is 9.15 Å². The molecule has 1 aromatic carbocycles. The number of rotatable bonds is 4. The van der Waals surface area contributed by atoms with Crippen molar-refractivity contribution in [1.82, 2.24) is 9.88 Å². The molecule has 1 fully saturated rings. The van der Waals surface area contributed by atoms with Crippen molar-refractivity contribution in [2.45, 2.75) is 18.9 Å². The second kappa shape index (κ2) is 6.80. The van der Waals surface area contributed by atoms with Crippen LogP contribution in [0.3, 0.4) is 0 Å². The number of hydrogen-bond acceptors (Lipinski definition) is 6. The molecule has 1 aliphatic heterocycles. The van der Waals surface area contributed by atoms with E-state index < -0.39 is 6.04 Å². The topological polar surface area (TPSA) is 84.7 Å². The van der Waals surface area contributed by atoms with Crippen LogP contribution in [0, 0.1) is 0 Å². The van der Waals surface area contributed by atoms with Crippen LogP contribution in [0.2, 0.25) is 0 Å². The fourth-order valence-corrected chi connectivity index (χ4v) is 4.04. The van der Waals surface area contributed by atoms with Gasteiger partial charge in [0.2, 0.25) is 5.91 Å². The van der Waals surface area contributed by atoms with E-state index in [1.807, 2.05) is 18.2 Å². The number of thiazole rings is 1. The van der Waals surface area contributed by atoms with E-state index >= 15 is 0 Å². The van der Waals surface area contributed by atoms with E-state index in [1.165, 1.54) is 17.6 Å². The highest BCUT2D eigenvalue weighted by molar-refractivity contribution is 7.22. The monoisotopic (exact) mass is 371 g/mol. The molecular weight excluding hydrogens is 354 g/mol. The second-order valence-electron chi connectivity index (χ2n) is 5.95. The van der Waals surface area contributed by atoms with Gasteiger partial charge >= 0.3 is 0 Å². The summed E-state index contributed by atoms with van der Waals surface area (Å²) >= 11 is 1.38. The van der Waals surface area contributed by atoms with Gasteiger partial charge in [0.25, 0.3) is 5.91 Å². The average Bonchev–Trinajstić information content (AvgIpc) is 3.39. The van der Waals surface area contributed by atoms with E-state index in [9.17, 15) is 9.59 Å². The molecule has 0 aliphatic carbocycles. The van der Waals surface area contributed by atoms with Crippen molar-refractivity contribution in [2.75, 3.05) is 19.0 Å². The van der Waals surface area contributed by atoms with Gasteiger partial charge in [-0.05, 0) is 37.1 Å². The number of likely N-dealkylation sites (tertiary alicyclic amines) is 1. The van der Waals surface area contributed by atoms with Crippen molar-refractivity contribution < 1.29 is 18.7 Å². The van der Waals surface area contributed by atoms with Gasteiger partial charge in [0.05, 0.1) is 18.1 Å². The Morgan fingerprint density at radius 1 is 1.35 bits per heavy atom. The molecule has 7 nitrogen and oxygen atoms in total. The predicted molar refractivity (Wildman–Crippen MR) is 97.6 cm³/mol. The molecule has 1 atom stereocenters. The van der Waals surface area contributed by atoms with E-state index in [0.29, 0.717) is 29.4 Å². The van der Waals surface area contributed by atoms with Gasteiger partial charge in [-0.25, -0.2) is 4.98 Å². The number of nitrogens with one attached hydrogen (secondary N) is 1. The summed E-state index contributed by atoms with van der Waals surface area (Å²) in [5.41, 5.74) is 0.713. The van der Waals surface area contributed by atoms with Crippen LogP contribution in [0.1, 0.15) is 23.4 Å². The van der Waals surface area contributed by atoms with Crippen LogP contribution in [0.4, 0.5) is 5.13 Å². The van der Waals surface area contributed by atoms with Crippen molar-refractivity contribution in [3.63, 3.8) is 0 Å². The molecule has 3 aromatic rings. The SMILES string of the molecule is COc1cccc2sc(NC(=O)C3CCCN3C(=O)c3ccco3)nc12. The Morgan fingerprint density at radius 2 is 2.23 bits per heavy atom. The summed E-state index contributed by atoms with van der Waals surface area (Å²) in [6, 6.07) is 8.37. The molecule has 1 saturated heterocycles. The molecule has 1 unspecified atom stereocenters. The van der Waals surface area contributed by atoms with Gasteiger partial charge in [0.15, 0.2) is 10.9 Å². The number of benzene rings is 1. The number of aromatic nitrogens is 1. The number of amides is 2. The number of hydrogen-bond donors (Lipinski definition) is 1. The zero-order chi connectivity index (χ0) is 18.1. The lowest BCUT2D eigenvalue weighted by molar-refractivity contribution is -0.119. The van der Waals surface area contributed by atoms with E-state index in [1.54, 1.807) is 24.1 Å². The Labute approximate surface area is 153 Å². The Hall–Kier alpha value is -2.87. The number of carbonyl (C=O) groups is 2. The maximum atomic E-state index is 12.7. The molecule has 0 radical (unpaired) electrons. The van der Waals surface area contributed by atoms with Crippen molar-refractivity contribution in [2.24, 2.45) is 0 Å². The molecule has 134 valence electrons. The third-order valence-corrected chi connectivity index (χ3v) is 5.32. The van der Waals surface area contributed by atoms with Crippen LogP contribution >= 0.6 is 11.3 Å². The smallest absolute Gasteiger partial charge is 0.290 e. The number of carbonyl (C=O) groups excluding carboxylic acids is 2. The van der Waals surface area contributed by atoms with Crippen molar-refractivity contribution in [1.29, 1.82) is 0 Å². The standard InChI is InChI=1S/C18H17N3O4S/c1-24-12-6-2-8-14-15(12)19-18(26-14)20-16(22)11-5-3-9-21(11)17(23)13-7-4-10-25-13/h2,4,6-8,10-11H,3,5,9H2,1H3,(H,19,20,22). The Balaban J connectivity index is 1.53. The molecule has 26 heavy (non-hydrogen) atoms. The first-order valence-corrected chi connectivity index (χ1v) is 9.08. The van der Waals surface area contributed by atoms with Crippen molar-refractivity contribution >= 4 is 38.5 Å². The summed E-state index contributed by atoms with van der Waals surface area (Å²) in [6.07, 6.45) is 2.84. The highest BCUT2D eigenvalue weighted by Crippen LogP contribution is 2.32. The molecule has 8 heteroatoms. The second-order valence-corrected chi connectivity index (χ2v) is 6.98. The molecular formula is C18H17N3O4S. The van der Waals surface area contributed by atoms with E-state index in [-0.39, 0.29) is 17.6 Å². The zero-order valence-corrected chi connectivity index (χ0v) is 14.9. The van der Waals surface area contributed by atoms with E-state index in [0.717, 1.165) is 11.1 Å². The van der Waals surface area contributed by atoms with Gasteiger partial charge < -0.3 is 19.4 Å². The molecule has 0 bridgehead atoms. The quantitative estimate of drug-likeness (QED) is 0.762. The summed E-state index contributed by atoms with van der Waals surface area (Å²) in [6.45, 7) is 0.533. The zero-order valence-electron chi connectivity index (χ0n) is 14.1. The van der Waals surface area contributed by atoms with Crippen LogP contribution in [-0.2, 0) is 4.79 Å². The fraction of sp³-hybridized carbons (Fsp3) is 0.278. The van der Waals surface area contributed by atoms with Crippen LogP contribution in [0.15, 0.2) is 41.0 Å². The van der Waals surface area contributed by atoms with Crippen LogP contribution < -0.4 is 10.1 Å². The van der Waals surface area contributed by atoms with Crippen molar-refractivity contribution in [3.05, 3.63) is 42.4 Å². The van der Waals surface area contributed by atoms with Crippen LogP contribution in [0.5, 0.6) is 5.75 Å². The first-order chi connectivity index (χ1) is 12.7. The first-order valence-electron chi connectivity index (χ1n) is 8.26. The summed E-state index contributed by atoms with van der Waals surface area (Å²) in [4.78, 5) is 31.3. The Morgan fingerprint density at radius 3 is 3.00 bits per heavy atom. The number of nitrogens with zero attached hydrogens (tertiary/aromatic N) is 2. The van der Waals surface area contributed by atoms with Gasteiger partial charge in [0.1, 0.15) is 17.3 Å². The molecule has 4 rings (SSSR count). The number of fused-ring (bicyclic) bond motifs is 1. The number of anilines is 1. The molecule has 1 N–H and O–H groups in total. The summed E-state index contributed by atoms with van der Waals surface area (Å²) < 4.78 is 11.4. The third-order valence-electron chi connectivity index (χ3n) is 4.38. The molecule has 0 spiro atoms. The molecule has 1 aliphatic rings. The van der Waals surface area contributed by atoms with Gasteiger partial charge in [-0.3, -0.25) is 9.59 Å². The average molecular weight is 371 g/mol. The molecule has 2 aromatic heterocycles. The predicted octanol–water partition coefficient (Wildman–Crippen LogP) is 3.14. The first kappa shape index (κ1) is 16.6. The lowest BCUT2D eigenvalue weighted by Crippen LogP contribution is -2.43. The van der Waals surface area contributed by atoms with E-state index in [2.05, 4.69) is 10.3 Å². The van der Waals surface area contributed by atoms with Crippen LogP contribution in [0.25, 0.3) is 10.2 Å². The summed E-state index contributed by atoms with van der Waals surface area (Å²) in [5, 5.41) is 3.34. The molecule has 0 saturated carbocycles. The van der Waals surface area contributed by atoms with Gasteiger partial charge in [-0.2, -0.15) is 0 Å². The normalized spacial score (nSPS) is 16.8. The van der Waals surface area contributed by atoms with Crippen molar-refractivity contribution in [3.8, 4) is 5.75 Å². The Bertz CT molecular complexity index is 951. The lowest BCUT2D eigenvalue weighted by atomic mass is 10.2. The fourth-order valence-electron chi connectivity index (χ4n) is 3.15. The minimum Gasteiger partial charge on any atom is -0.494 e. The largest absolute Gasteiger partial charge is 0.494 e. The minimum atomic E-state index is -0.526. The number of para-hydroxylation sites is 1. The molecule has 3 heterocycles. The highest BCUT2D eigenvalue weighted by Gasteiger charge is 2.35. The molecule has 2 amide bonds.